The first-order chi connectivity index (χ1) is 10.4. The Morgan fingerprint density at radius 3 is 2.09 bits per heavy atom. The lowest BCUT2D eigenvalue weighted by Gasteiger charge is -2.56. The van der Waals surface area contributed by atoms with Gasteiger partial charge in [0, 0.05) is 6.42 Å². The molecule has 0 spiro atoms. The van der Waals surface area contributed by atoms with Crippen molar-refractivity contribution in [3.8, 4) is 0 Å². The lowest BCUT2D eigenvalue weighted by molar-refractivity contribution is -0.127. The Morgan fingerprint density at radius 2 is 1.52 bits per heavy atom. The SMILES string of the molecule is Bc1c(B)c(B)c2c(c1B)B(Cl)C1(B)C(B)(B)CCC(=O)C21N. The maximum Gasteiger partial charge on any atom is 0.282 e. The molecule has 2 nitrogen and oxygen atoms in total. The zero-order valence-electron chi connectivity index (χ0n) is 15.4. The first-order valence-corrected chi connectivity index (χ1v) is 8.93. The van der Waals surface area contributed by atoms with E-state index >= 15 is 0 Å². The average Bonchev–Trinajstić information content (AvgIpc) is 2.68. The second-order valence-corrected chi connectivity index (χ2v) is 8.91. The Bertz CT molecular complexity index is 755. The Kier molecular flexibility index (Phi) is 3.69. The number of carbonyl (C=O) groups is 1. The van der Waals surface area contributed by atoms with E-state index < -0.39 is 10.8 Å². The molecule has 1 aromatic carbocycles. The van der Waals surface area contributed by atoms with Crippen molar-refractivity contribution in [3.63, 3.8) is 0 Å². The lowest BCUT2D eigenvalue weighted by atomic mass is 9.18. The number of rotatable bonds is 0. The van der Waals surface area contributed by atoms with E-state index in [-0.39, 0.29) is 17.1 Å². The summed E-state index contributed by atoms with van der Waals surface area (Å²) in [5.41, 5.74) is 13.0. The van der Waals surface area contributed by atoms with Gasteiger partial charge < -0.3 is 5.73 Å². The van der Waals surface area contributed by atoms with Crippen molar-refractivity contribution in [2.75, 3.05) is 0 Å². The van der Waals surface area contributed by atoms with Gasteiger partial charge >= 0.3 is 0 Å². The smallest absolute Gasteiger partial charge is 0.282 e. The highest BCUT2D eigenvalue weighted by molar-refractivity contribution is 7.21. The van der Waals surface area contributed by atoms with Crippen LogP contribution in [0.5, 0.6) is 0 Å². The number of ketones is 1. The van der Waals surface area contributed by atoms with Crippen molar-refractivity contribution in [2.24, 2.45) is 5.73 Å². The van der Waals surface area contributed by atoms with E-state index in [9.17, 15) is 4.79 Å². The van der Waals surface area contributed by atoms with E-state index in [1.54, 1.807) is 0 Å². The summed E-state index contributed by atoms with van der Waals surface area (Å²) >= 11 is 7.07. The van der Waals surface area contributed by atoms with Gasteiger partial charge in [-0.05, 0) is 10.8 Å². The minimum absolute atomic E-state index is 0.0955. The number of Topliss-reactive ketones (excluding diaryl/α,β-unsaturated/α-hetero) is 1. The standard InChI is InChI=1S/C12H20B8ClNO/c13-5-4-9(8(16)7(15)6(5)14)20(21)12(19)10(17,18)2-1-3(23)11(4,12)22/h1-2,13-19,22H2. The summed E-state index contributed by atoms with van der Waals surface area (Å²) in [5, 5.41) is -0.573. The van der Waals surface area contributed by atoms with Crippen molar-refractivity contribution in [2.45, 2.75) is 28.8 Å². The largest absolute Gasteiger partial charge is 0.316 e. The van der Waals surface area contributed by atoms with E-state index in [1.165, 1.54) is 16.4 Å². The molecule has 110 valence electrons. The van der Waals surface area contributed by atoms with Crippen LogP contribution >= 0.6 is 11.5 Å². The van der Waals surface area contributed by atoms with Gasteiger partial charge in [0.05, 0.1) is 21.2 Å². The molecule has 2 aliphatic rings. The fourth-order valence-electron chi connectivity index (χ4n) is 5.10. The molecular weight excluding hydrogens is 296 g/mol. The summed E-state index contributed by atoms with van der Waals surface area (Å²) < 4.78 is 0. The van der Waals surface area contributed by atoms with E-state index in [0.29, 0.717) is 6.42 Å². The van der Waals surface area contributed by atoms with Crippen LogP contribution in [0.25, 0.3) is 0 Å². The van der Waals surface area contributed by atoms with Gasteiger partial charge in [-0.25, -0.2) is 0 Å². The van der Waals surface area contributed by atoms with Gasteiger partial charge in [0.1, 0.15) is 39.2 Å². The molecule has 11 heteroatoms. The third kappa shape index (κ3) is 1.73. The van der Waals surface area contributed by atoms with Crippen LogP contribution in [0.3, 0.4) is 0 Å². The van der Waals surface area contributed by atoms with Gasteiger partial charge in [0.15, 0.2) is 5.78 Å². The van der Waals surface area contributed by atoms with Crippen LogP contribution in [0.15, 0.2) is 0 Å². The van der Waals surface area contributed by atoms with Crippen LogP contribution in [-0.4, -0.2) is 66.8 Å². The van der Waals surface area contributed by atoms with Gasteiger partial charge in [-0.1, -0.05) is 28.0 Å². The van der Waals surface area contributed by atoms with Gasteiger partial charge in [-0.2, -0.15) is 11.5 Å². The monoisotopic (exact) mass is 317 g/mol. The summed E-state index contributed by atoms with van der Waals surface area (Å²) in [6.07, 6.45) is 1.14. The van der Waals surface area contributed by atoms with Gasteiger partial charge in [-0.15, -0.1) is 10.9 Å². The molecule has 1 aliphatic carbocycles. The van der Waals surface area contributed by atoms with Crippen LogP contribution in [0.4, 0.5) is 0 Å². The summed E-state index contributed by atoms with van der Waals surface area (Å²) in [5.74, 6) is 0.148. The molecule has 3 rings (SSSR count). The summed E-state index contributed by atoms with van der Waals surface area (Å²) in [6.45, 7) is 0. The van der Waals surface area contributed by atoms with Gasteiger partial charge in [0.25, 0.3) is 6.13 Å². The Hall–Kier alpha value is -0.341. The number of hydrogen-bond acceptors (Lipinski definition) is 2. The zero-order valence-corrected chi connectivity index (χ0v) is 16.1. The Labute approximate surface area is 150 Å². The Morgan fingerprint density at radius 1 is 1.00 bits per heavy atom. The summed E-state index contributed by atoms with van der Waals surface area (Å²) in [7, 11) is 15.0. The maximum atomic E-state index is 13.1. The highest BCUT2D eigenvalue weighted by atomic mass is 35.5. The Balaban J connectivity index is 2.49. The summed E-state index contributed by atoms with van der Waals surface area (Å²) in [6, 6.07) is 0. The first-order valence-electron chi connectivity index (χ1n) is 8.50. The number of benzene rings is 1. The predicted molar refractivity (Wildman–Crippen MR) is 122 cm³/mol. The maximum absolute atomic E-state index is 13.1. The molecule has 23 heavy (non-hydrogen) atoms. The molecule has 0 radical (unpaired) electrons. The van der Waals surface area contributed by atoms with E-state index in [2.05, 4.69) is 54.9 Å². The van der Waals surface area contributed by atoms with Crippen molar-refractivity contribution >= 4 is 106 Å². The topological polar surface area (TPSA) is 43.1 Å². The minimum atomic E-state index is -0.982. The quantitative estimate of drug-likeness (QED) is 0.483. The van der Waals surface area contributed by atoms with Crippen molar-refractivity contribution < 1.29 is 4.79 Å². The van der Waals surface area contributed by atoms with Crippen LogP contribution in [0.2, 0.25) is 10.4 Å². The lowest BCUT2D eigenvalue weighted by Crippen LogP contribution is -2.64. The number of nitrogens with two attached hydrogens (primary N) is 1. The molecule has 0 aromatic heterocycles. The molecule has 1 aromatic rings. The van der Waals surface area contributed by atoms with E-state index in [4.69, 9.17) is 17.2 Å². The molecule has 2 unspecified atom stereocenters. The summed E-state index contributed by atoms with van der Waals surface area (Å²) in [4.78, 5) is 13.1. The molecule has 1 heterocycles. The third-order valence-corrected chi connectivity index (χ3v) is 8.19. The van der Waals surface area contributed by atoms with Gasteiger partial charge in [0.2, 0.25) is 0 Å². The molecule has 1 aliphatic heterocycles. The van der Waals surface area contributed by atoms with Crippen molar-refractivity contribution in [1.82, 2.24) is 0 Å². The normalized spacial score (nSPS) is 31.7. The van der Waals surface area contributed by atoms with Crippen LogP contribution in [-0.2, 0) is 10.3 Å². The number of carbonyl (C=O) groups excluding carboxylic acids is 1. The van der Waals surface area contributed by atoms with E-state index in [1.807, 2.05) is 0 Å². The first kappa shape index (κ1) is 17.5. The highest BCUT2D eigenvalue weighted by Crippen LogP contribution is 2.65. The molecule has 0 amide bonds. The molecule has 1 saturated carbocycles. The van der Waals surface area contributed by atoms with E-state index in [0.717, 1.165) is 22.9 Å². The minimum Gasteiger partial charge on any atom is -0.316 e. The molecule has 0 bridgehead atoms. The third-order valence-electron chi connectivity index (χ3n) is 7.53. The zero-order chi connectivity index (χ0) is 17.5. The molecular formula is C12H20B8ClNO. The number of fused-ring (bicyclic) bond motifs is 3. The average molecular weight is 316 g/mol. The van der Waals surface area contributed by atoms with Crippen LogP contribution < -0.4 is 33.0 Å². The predicted octanol–water partition coefficient (Wildman–Crippen LogP) is -8.60. The van der Waals surface area contributed by atoms with Crippen LogP contribution in [0.1, 0.15) is 18.4 Å². The molecule has 0 saturated heterocycles. The van der Waals surface area contributed by atoms with Crippen LogP contribution in [0, 0.1) is 0 Å². The van der Waals surface area contributed by atoms with Crippen molar-refractivity contribution in [1.29, 1.82) is 0 Å². The fourth-order valence-corrected chi connectivity index (χ4v) is 5.84. The number of halogens is 1. The molecule has 1 fully saturated rings. The second-order valence-electron chi connectivity index (χ2n) is 8.47. The molecule has 2 atom stereocenters. The van der Waals surface area contributed by atoms with Crippen molar-refractivity contribution in [3.05, 3.63) is 5.56 Å². The van der Waals surface area contributed by atoms with Gasteiger partial charge in [-0.3, -0.25) is 4.79 Å². The second kappa shape index (κ2) is 4.85. The number of hydrogen-bond donors (Lipinski definition) is 1. The molecule has 2 N–H and O–H groups in total. The highest BCUT2D eigenvalue weighted by Gasteiger charge is 2.70. The fraction of sp³-hybridized carbons (Fsp3) is 0.417.